The molecule has 0 fully saturated rings. The maximum atomic E-state index is 13.6. The average molecular weight is 345 g/mol. The molecular formula is C16H10BrFN2O. The Labute approximate surface area is 129 Å². The van der Waals surface area contributed by atoms with E-state index in [1.54, 1.807) is 30.3 Å². The highest BCUT2D eigenvalue weighted by molar-refractivity contribution is 9.10. The topological polar surface area (TPSA) is 52.9 Å². The molecule has 104 valence electrons. The Morgan fingerprint density at radius 1 is 1.29 bits per heavy atom. The molecule has 5 heteroatoms. The molecule has 0 saturated heterocycles. The second-order valence-corrected chi connectivity index (χ2v) is 5.08. The molecule has 1 N–H and O–H groups in total. The number of nitrogens with one attached hydrogen (secondary N) is 1. The Morgan fingerprint density at radius 3 is 2.86 bits per heavy atom. The minimum absolute atomic E-state index is 0.0395. The van der Waals surface area contributed by atoms with Gasteiger partial charge in [-0.1, -0.05) is 28.1 Å². The van der Waals surface area contributed by atoms with Crippen LogP contribution in [-0.2, 0) is 0 Å². The summed E-state index contributed by atoms with van der Waals surface area (Å²) in [6.45, 7) is 0. The van der Waals surface area contributed by atoms with Gasteiger partial charge >= 0.3 is 0 Å². The van der Waals surface area contributed by atoms with Crippen LogP contribution < -0.4 is 5.32 Å². The molecule has 0 spiro atoms. The van der Waals surface area contributed by atoms with Crippen LogP contribution >= 0.6 is 15.9 Å². The number of benzene rings is 2. The van der Waals surface area contributed by atoms with Crippen molar-refractivity contribution in [1.29, 1.82) is 5.26 Å². The third-order valence-corrected chi connectivity index (χ3v) is 3.16. The molecule has 0 saturated carbocycles. The number of anilines is 1. The zero-order chi connectivity index (χ0) is 15.2. The van der Waals surface area contributed by atoms with Gasteiger partial charge in [-0.25, -0.2) is 4.39 Å². The second-order valence-electron chi connectivity index (χ2n) is 4.17. The molecule has 2 rings (SSSR count). The predicted molar refractivity (Wildman–Crippen MR) is 83.1 cm³/mol. The van der Waals surface area contributed by atoms with E-state index < -0.39 is 11.7 Å². The lowest BCUT2D eigenvalue weighted by Crippen LogP contribution is -2.13. The number of allylic oxidation sites excluding steroid dienone is 1. The Balaban J connectivity index is 2.22. The van der Waals surface area contributed by atoms with Crippen molar-refractivity contribution in [1.82, 2.24) is 0 Å². The van der Waals surface area contributed by atoms with Crippen LogP contribution in [0.25, 0.3) is 6.08 Å². The van der Waals surface area contributed by atoms with E-state index in [-0.39, 0.29) is 5.56 Å². The zero-order valence-electron chi connectivity index (χ0n) is 10.8. The summed E-state index contributed by atoms with van der Waals surface area (Å²) in [5.41, 5.74) is 1.26. The Hall–Kier alpha value is -2.45. The van der Waals surface area contributed by atoms with Gasteiger partial charge in [0.15, 0.2) is 0 Å². The molecule has 2 aromatic rings. The SMILES string of the molecule is N#C/C=C/c1cccc(NC(=O)c2cc(Br)ccc2F)c1. The second kappa shape index (κ2) is 6.82. The maximum Gasteiger partial charge on any atom is 0.258 e. The molecule has 0 atom stereocenters. The summed E-state index contributed by atoms with van der Waals surface area (Å²) in [5, 5.41) is 11.1. The first-order valence-corrected chi connectivity index (χ1v) is 6.82. The van der Waals surface area contributed by atoms with Crippen molar-refractivity contribution < 1.29 is 9.18 Å². The van der Waals surface area contributed by atoms with Crippen LogP contribution in [0.15, 0.2) is 53.0 Å². The average Bonchev–Trinajstić information content (AvgIpc) is 2.48. The maximum absolute atomic E-state index is 13.6. The number of rotatable bonds is 3. The van der Waals surface area contributed by atoms with Gasteiger partial charge in [-0.15, -0.1) is 0 Å². The molecule has 0 aromatic heterocycles. The fourth-order valence-corrected chi connectivity index (χ4v) is 2.08. The Bertz CT molecular complexity index is 750. The van der Waals surface area contributed by atoms with Crippen molar-refractivity contribution in [2.45, 2.75) is 0 Å². The van der Waals surface area contributed by atoms with E-state index in [1.165, 1.54) is 24.3 Å². The molecule has 0 aliphatic rings. The number of nitriles is 1. The van der Waals surface area contributed by atoms with Gasteiger partial charge in [0.05, 0.1) is 11.6 Å². The number of nitrogens with zero attached hydrogens (tertiary/aromatic N) is 1. The van der Waals surface area contributed by atoms with Gasteiger partial charge in [-0.2, -0.15) is 5.26 Å². The van der Waals surface area contributed by atoms with Gasteiger partial charge in [0.1, 0.15) is 5.82 Å². The van der Waals surface area contributed by atoms with Gasteiger partial charge < -0.3 is 5.32 Å². The normalized spacial score (nSPS) is 10.3. The molecule has 3 nitrogen and oxygen atoms in total. The minimum Gasteiger partial charge on any atom is -0.322 e. The first kappa shape index (κ1) is 14.9. The monoisotopic (exact) mass is 344 g/mol. The van der Waals surface area contributed by atoms with Crippen LogP contribution in [0.4, 0.5) is 10.1 Å². The van der Waals surface area contributed by atoms with Gasteiger partial charge in [-0.05, 0) is 42.0 Å². The van der Waals surface area contributed by atoms with E-state index >= 15 is 0 Å². The summed E-state index contributed by atoms with van der Waals surface area (Å²) in [6, 6.07) is 13.0. The third kappa shape index (κ3) is 4.01. The lowest BCUT2D eigenvalue weighted by molar-refractivity contribution is 0.102. The number of hydrogen-bond donors (Lipinski definition) is 1. The van der Waals surface area contributed by atoms with Crippen LogP contribution in [0, 0.1) is 17.1 Å². The lowest BCUT2D eigenvalue weighted by atomic mass is 10.1. The molecule has 0 aliphatic heterocycles. The first-order chi connectivity index (χ1) is 10.1. The Morgan fingerprint density at radius 2 is 2.10 bits per heavy atom. The molecule has 2 aromatic carbocycles. The van der Waals surface area contributed by atoms with Crippen LogP contribution in [0.1, 0.15) is 15.9 Å². The summed E-state index contributed by atoms with van der Waals surface area (Å²) in [4.78, 5) is 12.1. The van der Waals surface area contributed by atoms with Crippen LogP contribution in [-0.4, -0.2) is 5.91 Å². The summed E-state index contributed by atoms with van der Waals surface area (Å²) < 4.78 is 14.3. The van der Waals surface area contributed by atoms with Gasteiger partial charge in [0.2, 0.25) is 0 Å². The molecule has 0 unspecified atom stereocenters. The third-order valence-electron chi connectivity index (χ3n) is 2.67. The highest BCUT2D eigenvalue weighted by Crippen LogP contribution is 2.18. The number of amides is 1. The molecule has 0 radical (unpaired) electrons. The Kier molecular flexibility index (Phi) is 4.85. The van der Waals surface area contributed by atoms with Crippen molar-refractivity contribution in [2.75, 3.05) is 5.32 Å². The van der Waals surface area contributed by atoms with E-state index in [0.29, 0.717) is 10.2 Å². The zero-order valence-corrected chi connectivity index (χ0v) is 12.4. The number of carbonyl (C=O) groups is 1. The molecule has 0 aliphatic carbocycles. The first-order valence-electron chi connectivity index (χ1n) is 6.03. The highest BCUT2D eigenvalue weighted by Gasteiger charge is 2.12. The largest absolute Gasteiger partial charge is 0.322 e. The number of carbonyl (C=O) groups excluding carboxylic acids is 1. The fraction of sp³-hybridized carbons (Fsp3) is 0. The quantitative estimate of drug-likeness (QED) is 0.840. The predicted octanol–water partition coefficient (Wildman–Crippen LogP) is 4.38. The molecule has 0 bridgehead atoms. The number of halogens is 2. The molecule has 21 heavy (non-hydrogen) atoms. The van der Waals surface area contributed by atoms with Crippen LogP contribution in [0.5, 0.6) is 0 Å². The van der Waals surface area contributed by atoms with Crippen LogP contribution in [0.2, 0.25) is 0 Å². The van der Waals surface area contributed by atoms with E-state index in [1.807, 2.05) is 6.07 Å². The summed E-state index contributed by atoms with van der Waals surface area (Å²) in [5.74, 6) is -1.12. The van der Waals surface area contributed by atoms with E-state index in [9.17, 15) is 9.18 Å². The van der Waals surface area contributed by atoms with Crippen molar-refractivity contribution in [3.8, 4) is 6.07 Å². The van der Waals surface area contributed by atoms with E-state index in [0.717, 1.165) is 5.56 Å². The van der Waals surface area contributed by atoms with Gasteiger partial charge in [0, 0.05) is 16.2 Å². The lowest BCUT2D eigenvalue weighted by Gasteiger charge is -2.07. The standard InChI is InChI=1S/C16H10BrFN2O/c17-12-6-7-15(18)14(10-12)16(21)20-13-5-1-3-11(9-13)4-2-8-19/h1-7,9-10H,(H,20,21)/b4-2+. The smallest absolute Gasteiger partial charge is 0.258 e. The van der Waals surface area contributed by atoms with Crippen molar-refractivity contribution in [3.05, 3.63) is 70.0 Å². The van der Waals surface area contributed by atoms with E-state index in [4.69, 9.17) is 5.26 Å². The molecular weight excluding hydrogens is 335 g/mol. The van der Waals surface area contributed by atoms with Gasteiger partial charge in [-0.3, -0.25) is 4.79 Å². The highest BCUT2D eigenvalue weighted by atomic mass is 79.9. The van der Waals surface area contributed by atoms with Crippen molar-refractivity contribution >= 4 is 33.6 Å². The summed E-state index contributed by atoms with van der Waals surface area (Å²) >= 11 is 3.20. The fourth-order valence-electron chi connectivity index (χ4n) is 1.72. The molecule has 1 amide bonds. The van der Waals surface area contributed by atoms with Crippen molar-refractivity contribution in [3.63, 3.8) is 0 Å². The molecule has 0 heterocycles. The summed E-state index contributed by atoms with van der Waals surface area (Å²) in [7, 11) is 0. The van der Waals surface area contributed by atoms with Crippen LogP contribution in [0.3, 0.4) is 0 Å². The van der Waals surface area contributed by atoms with E-state index in [2.05, 4.69) is 21.2 Å². The minimum atomic E-state index is -0.587. The summed E-state index contributed by atoms with van der Waals surface area (Å²) in [6.07, 6.45) is 2.96. The van der Waals surface area contributed by atoms with Crippen molar-refractivity contribution in [2.24, 2.45) is 0 Å². The number of hydrogen-bond acceptors (Lipinski definition) is 2. The van der Waals surface area contributed by atoms with Gasteiger partial charge in [0.25, 0.3) is 5.91 Å².